The van der Waals surface area contributed by atoms with Gasteiger partial charge in [0.2, 0.25) is 50.1 Å². The summed E-state index contributed by atoms with van der Waals surface area (Å²) in [6, 6.07) is 58.4. The number of carboxylic acid groups (broad SMARTS) is 4. The Morgan fingerprint density at radius 3 is 0.745 bits per heavy atom. The van der Waals surface area contributed by atoms with E-state index in [1.54, 1.807) is 113 Å². The highest BCUT2D eigenvalue weighted by molar-refractivity contribution is 7.90. The summed E-state index contributed by atoms with van der Waals surface area (Å²) in [6.07, 6.45) is 27.2. The summed E-state index contributed by atoms with van der Waals surface area (Å²) < 4.78 is 132. The Bertz CT molecular complexity index is 6400. The number of hydrogen-bond donors (Lipinski definition) is 9. The van der Waals surface area contributed by atoms with Crippen LogP contribution in [-0.4, -0.2) is 256 Å². The first-order valence-corrected chi connectivity index (χ1v) is 62.0. The second-order valence-corrected chi connectivity index (χ2v) is 53.9. The van der Waals surface area contributed by atoms with Gasteiger partial charge in [0.15, 0.2) is 0 Å². The number of carboxylic acids is 4. The highest BCUT2D eigenvalue weighted by Gasteiger charge is 2.41. The van der Waals surface area contributed by atoms with Crippen LogP contribution in [0.25, 0.3) is 0 Å². The van der Waals surface area contributed by atoms with Gasteiger partial charge in [0.1, 0.15) is 19.5 Å². The van der Waals surface area contributed by atoms with E-state index in [1.165, 1.54) is 77.9 Å². The topological polar surface area (TPSA) is 437 Å². The lowest BCUT2D eigenvalue weighted by Crippen LogP contribution is -2.33. The molecule has 0 spiro atoms. The summed E-state index contributed by atoms with van der Waals surface area (Å²) in [5.74, 6) is -3.14. The molecule has 808 valence electrons. The molecule has 0 radical (unpaired) electrons. The molecule has 5 saturated heterocycles. The Balaban J connectivity index is 0.000000190. The number of aliphatic hydroxyl groups is 5. The molecule has 0 aliphatic carbocycles. The number of rotatable bonds is 45. The predicted molar refractivity (Wildman–Crippen MR) is 597 cm³/mol. The lowest BCUT2D eigenvalue weighted by atomic mass is 10.0. The zero-order chi connectivity index (χ0) is 107. The number of hydrogen-bond acceptors (Lipinski definition) is 24. The van der Waals surface area contributed by atoms with Crippen molar-refractivity contribution in [2.45, 2.75) is 238 Å². The molecule has 5 aromatic heterocycles. The van der Waals surface area contributed by atoms with Crippen LogP contribution in [0.1, 0.15) is 197 Å². The summed E-state index contributed by atoms with van der Waals surface area (Å²) in [5, 5.41) is 87.7. The van der Waals surface area contributed by atoms with E-state index in [2.05, 4.69) is 38.1 Å². The number of aromatic carboxylic acids is 4. The summed E-state index contributed by atoms with van der Waals surface area (Å²) in [4.78, 5) is 51.4. The van der Waals surface area contributed by atoms with E-state index in [0.29, 0.717) is 168 Å². The molecule has 5 aliphatic heterocycles. The fraction of sp³-hybridized carbons (Fsp3) is 0.423. The van der Waals surface area contributed by atoms with Gasteiger partial charge in [0.25, 0.3) is 0 Å². The van der Waals surface area contributed by atoms with Crippen molar-refractivity contribution in [1.82, 2.24) is 21.5 Å². The third kappa shape index (κ3) is 39.2. The highest BCUT2D eigenvalue weighted by atomic mass is 32.2. The van der Waals surface area contributed by atoms with Crippen molar-refractivity contribution in [3.05, 3.63) is 348 Å². The molecule has 0 saturated carbocycles. The Kier molecular flexibility index (Phi) is 47.7. The number of benzene rings is 5. The molecule has 10 aromatic rings. The third-order valence-electron chi connectivity index (χ3n) is 25.8. The van der Waals surface area contributed by atoms with E-state index in [-0.39, 0.29) is 66.4 Å². The molecule has 5 aromatic carbocycles. The van der Waals surface area contributed by atoms with Gasteiger partial charge in [0.05, 0.1) is 59.3 Å². The largest absolute Gasteiger partial charge is 0.477 e. The first-order valence-electron chi connectivity index (χ1n) is 49.9. The van der Waals surface area contributed by atoms with Crippen LogP contribution in [0.5, 0.6) is 0 Å². The predicted octanol–water partition coefficient (Wildman–Crippen LogP) is 17.4. The lowest BCUT2D eigenvalue weighted by molar-refractivity contribution is 0.0691. The minimum absolute atomic E-state index is 0. The molecule has 0 amide bonds. The maximum Gasteiger partial charge on any atom is 0.345 e. The van der Waals surface area contributed by atoms with Crippen LogP contribution in [0.15, 0.2) is 249 Å². The average molecular weight is 2230 g/mol. The van der Waals surface area contributed by atoms with Gasteiger partial charge in [-0.05, 0) is 224 Å². The summed E-state index contributed by atoms with van der Waals surface area (Å²) in [6.45, 7) is 12.2. The molecule has 5 aliphatic rings. The molecule has 38 heteroatoms. The van der Waals surface area contributed by atoms with Crippen LogP contribution < -0.4 is 0 Å². The van der Waals surface area contributed by atoms with Gasteiger partial charge in [0, 0.05) is 124 Å². The Hall–Kier alpha value is -9.47. The highest BCUT2D eigenvalue weighted by Crippen LogP contribution is 2.33. The van der Waals surface area contributed by atoms with Gasteiger partial charge in [-0.15, -0.1) is 56.7 Å². The van der Waals surface area contributed by atoms with Crippen LogP contribution >= 0.6 is 56.7 Å². The Morgan fingerprint density at radius 1 is 0.295 bits per heavy atom. The fourth-order valence-corrected chi connectivity index (χ4v) is 31.6. The van der Waals surface area contributed by atoms with Crippen LogP contribution in [0, 0.1) is 27.7 Å². The van der Waals surface area contributed by atoms with Gasteiger partial charge in [-0.2, -0.15) is 21.5 Å². The number of aliphatic hydroxyl groups excluding tert-OH is 5. The van der Waals surface area contributed by atoms with Crippen molar-refractivity contribution in [3.63, 3.8) is 0 Å². The van der Waals surface area contributed by atoms with Crippen molar-refractivity contribution >= 4 is 131 Å². The van der Waals surface area contributed by atoms with E-state index in [1.807, 2.05) is 148 Å². The molecule has 28 nitrogen and oxygen atoms in total. The maximum atomic E-state index is 12.5. The van der Waals surface area contributed by atoms with Gasteiger partial charge < -0.3 is 46.0 Å². The molecule has 5 fully saturated rings. The van der Waals surface area contributed by atoms with E-state index in [4.69, 9.17) is 20.4 Å². The van der Waals surface area contributed by atoms with Crippen molar-refractivity contribution in [2.75, 3.05) is 61.5 Å². The smallest absolute Gasteiger partial charge is 0.345 e. The standard InChI is InChI=1S/C23H29NO5S2.3C22H27NO5S2.C21H27NO3S2.CH4/c1-2-17-5-3-6-18(15-17)16-20(25)9-8-19-12-14-31(28,29)24(19)13-4-7-21-10-11-22(30-21)23(26)27;3*1-16-4-2-5-17(14-16)15-19(24)8-7-18-11-13-30(27,28)23(18)12-3-6-20-9-10-21(29-20)22(25)26;1-17-9-12-21(26-17)8-5-14-22-19(13-15-27(22,24)25)10-11-20(23)16-18-6-3-2-4-7-18;/h3,5-6,8-11,15,19-20,25H,2,4,7,12-14,16H2,1H3,(H,26,27);3*2,4-5,7-10,14,18-19,24H,3,6,11-13,15H2,1H3,(H,25,26);2-4,6-7,9-12,19-20,23H,5,8,13-16H2,1H3;1H4/b9-8+;3*8-7+;11-10+;/t19-,20?;3*18-,19?;19-,20?;/m00000./s1. The molecular formula is C111H141N5O23S10. The number of thiophene rings is 5. The number of carbonyl (C=O) groups is 4. The van der Waals surface area contributed by atoms with Gasteiger partial charge >= 0.3 is 23.9 Å². The molecule has 5 unspecified atom stereocenters. The second-order valence-electron chi connectivity index (χ2n) is 37.6. The van der Waals surface area contributed by atoms with Gasteiger partial charge in [-0.25, -0.2) is 61.3 Å². The monoisotopic (exact) mass is 2230 g/mol. The number of sulfonamides is 5. The molecule has 0 bridgehead atoms. The van der Waals surface area contributed by atoms with Crippen molar-refractivity contribution < 1.29 is 107 Å². The maximum absolute atomic E-state index is 12.5. The lowest BCUT2D eigenvalue weighted by Gasteiger charge is -2.20. The Morgan fingerprint density at radius 2 is 0.517 bits per heavy atom. The quantitative estimate of drug-likeness (QED) is 0.0160. The molecule has 149 heavy (non-hydrogen) atoms. The Labute approximate surface area is 898 Å². The minimum Gasteiger partial charge on any atom is -0.477 e. The third-order valence-corrected chi connectivity index (χ3v) is 41.0. The summed E-state index contributed by atoms with van der Waals surface area (Å²) in [7, 11) is -16.4. The first-order chi connectivity index (χ1) is 70.4. The SMILES string of the molecule is C.CCc1cccc(CC(O)/C=C/[C@H]2CCS(=O)(=O)N2CCCc2ccc(C(=O)O)s2)c1.Cc1ccc(CCCN2[C@@H](/C=C/C(O)Cc3ccccc3)CCS2(=O)=O)s1.Cc1cccc(CC(O)/C=C/[C@H]2CCS(=O)(=O)N2CCCc2ccc(C(=O)O)s2)c1.Cc1cccc(CC(O)/C=C/[C@H]2CCS(=O)(=O)N2CCCc2ccc(C(=O)O)s2)c1.Cc1cccc(CC(O)/C=C/[C@H]2CCS(=O)(=O)N2CCCc2ccc(C(=O)O)s2)c1. The summed E-state index contributed by atoms with van der Waals surface area (Å²) >= 11 is 6.68. The van der Waals surface area contributed by atoms with Gasteiger partial charge in [-0.3, -0.25) is 0 Å². The molecular weight excluding hydrogens is 2090 g/mol. The number of aryl methyl sites for hydroxylation is 10. The molecule has 10 heterocycles. The fourth-order valence-electron chi connectivity index (χ4n) is 18.3. The second kappa shape index (κ2) is 58.6. The van der Waals surface area contributed by atoms with Crippen LogP contribution in [0.4, 0.5) is 0 Å². The molecule has 15 rings (SSSR count). The summed E-state index contributed by atoms with van der Waals surface area (Å²) in [5.41, 5.74) is 9.89. The van der Waals surface area contributed by atoms with E-state index >= 15 is 0 Å². The minimum atomic E-state index is -3.30. The zero-order valence-corrected chi connectivity index (χ0v) is 92.1. The van der Waals surface area contributed by atoms with E-state index in [0.717, 1.165) is 83.3 Å². The van der Waals surface area contributed by atoms with E-state index in [9.17, 15) is 86.8 Å². The number of nitrogens with zero attached hydrogens (tertiary/aromatic N) is 5. The zero-order valence-electron chi connectivity index (χ0n) is 83.9. The van der Waals surface area contributed by atoms with E-state index < -0.39 is 105 Å². The van der Waals surface area contributed by atoms with Crippen molar-refractivity contribution in [1.29, 1.82) is 0 Å². The first kappa shape index (κ1) is 121. The van der Waals surface area contributed by atoms with Gasteiger partial charge in [-0.1, -0.05) is 219 Å². The average Bonchev–Trinajstić information content (AvgIpc) is 1.68. The van der Waals surface area contributed by atoms with Crippen LogP contribution in [-0.2, 0) is 121 Å². The molecule has 10 atom stereocenters. The van der Waals surface area contributed by atoms with Crippen LogP contribution in [0.2, 0.25) is 0 Å². The molecule has 9 N–H and O–H groups in total. The van der Waals surface area contributed by atoms with Crippen molar-refractivity contribution in [2.24, 2.45) is 0 Å². The van der Waals surface area contributed by atoms with Crippen molar-refractivity contribution in [3.8, 4) is 0 Å². The van der Waals surface area contributed by atoms with Crippen LogP contribution in [0.3, 0.4) is 0 Å². The normalized spacial score (nSPS) is 20.0.